The van der Waals surface area contributed by atoms with Gasteiger partial charge in [0.15, 0.2) is 0 Å². The molecule has 3 rings (SSSR count). The fourth-order valence-electron chi connectivity index (χ4n) is 3.92. The molecule has 2 saturated heterocycles. The van der Waals surface area contributed by atoms with Crippen LogP contribution in [0.15, 0.2) is 24.3 Å². The normalized spacial score (nSPS) is 20.8. The van der Waals surface area contributed by atoms with Crippen molar-refractivity contribution in [2.24, 2.45) is 0 Å². The van der Waals surface area contributed by atoms with Crippen LogP contribution in [0.5, 0.6) is 0 Å². The van der Waals surface area contributed by atoms with E-state index in [1.807, 2.05) is 17.0 Å². The molecule has 0 saturated carbocycles. The summed E-state index contributed by atoms with van der Waals surface area (Å²) >= 11 is 0. The smallest absolute Gasteiger partial charge is 0.253 e. The molecule has 1 amide bonds. The monoisotopic (exact) mass is 316 g/mol. The van der Waals surface area contributed by atoms with Crippen LogP contribution >= 0.6 is 0 Å². The van der Waals surface area contributed by atoms with Gasteiger partial charge in [0.05, 0.1) is 39.3 Å². The number of likely N-dealkylation sites (N-methyl/N-ethyl adjacent to an activating group) is 1. The first-order valence-corrected chi connectivity index (χ1v) is 9.17. The molecular formula is C19H30N3O+. The van der Waals surface area contributed by atoms with E-state index in [9.17, 15) is 4.79 Å². The molecular weight excluding hydrogens is 286 g/mol. The van der Waals surface area contributed by atoms with Gasteiger partial charge in [0.1, 0.15) is 0 Å². The van der Waals surface area contributed by atoms with Crippen molar-refractivity contribution in [3.05, 3.63) is 29.8 Å². The summed E-state index contributed by atoms with van der Waals surface area (Å²) in [5.41, 5.74) is 2.09. The van der Waals surface area contributed by atoms with E-state index in [-0.39, 0.29) is 5.91 Å². The van der Waals surface area contributed by atoms with Crippen molar-refractivity contribution in [1.82, 2.24) is 4.90 Å². The predicted molar refractivity (Wildman–Crippen MR) is 94.9 cm³/mol. The molecule has 0 aliphatic carbocycles. The molecule has 0 aromatic heterocycles. The second-order valence-corrected chi connectivity index (χ2v) is 6.95. The lowest BCUT2D eigenvalue weighted by molar-refractivity contribution is -0.925. The van der Waals surface area contributed by atoms with Crippen molar-refractivity contribution < 1.29 is 9.28 Å². The van der Waals surface area contributed by atoms with Gasteiger partial charge in [-0.3, -0.25) is 4.79 Å². The lowest BCUT2D eigenvalue weighted by Crippen LogP contribution is -2.59. The van der Waals surface area contributed by atoms with Gasteiger partial charge in [-0.15, -0.1) is 0 Å². The van der Waals surface area contributed by atoms with E-state index in [0.29, 0.717) is 0 Å². The highest BCUT2D eigenvalue weighted by Gasteiger charge is 2.29. The van der Waals surface area contributed by atoms with Gasteiger partial charge in [-0.2, -0.15) is 0 Å². The number of nitrogens with zero attached hydrogens (tertiary/aromatic N) is 3. The van der Waals surface area contributed by atoms with E-state index in [0.717, 1.165) is 44.6 Å². The summed E-state index contributed by atoms with van der Waals surface area (Å²) in [6, 6.07) is 8.26. The lowest BCUT2D eigenvalue weighted by atomic mass is 10.1. The van der Waals surface area contributed by atoms with Crippen LogP contribution in [0.4, 0.5) is 5.69 Å². The van der Waals surface area contributed by atoms with Crippen LogP contribution in [0.3, 0.4) is 0 Å². The number of piperazine rings is 1. The number of amides is 1. The Hall–Kier alpha value is -1.55. The molecule has 126 valence electrons. The largest absolute Gasteiger partial charge is 0.360 e. The molecule has 0 radical (unpaired) electrons. The third-order valence-corrected chi connectivity index (χ3v) is 5.90. The number of carbonyl (C=O) groups excluding carboxylic acids is 1. The number of anilines is 1. The van der Waals surface area contributed by atoms with Crippen LogP contribution in [0, 0.1) is 0 Å². The molecule has 0 spiro atoms. The minimum atomic E-state index is 0.195. The maximum atomic E-state index is 12.4. The van der Waals surface area contributed by atoms with Crippen LogP contribution in [-0.2, 0) is 0 Å². The van der Waals surface area contributed by atoms with Crippen molar-refractivity contribution in [2.75, 3.05) is 57.3 Å². The fourth-order valence-corrected chi connectivity index (χ4v) is 3.92. The van der Waals surface area contributed by atoms with Crippen molar-refractivity contribution in [1.29, 1.82) is 0 Å². The zero-order chi connectivity index (χ0) is 16.3. The van der Waals surface area contributed by atoms with Crippen molar-refractivity contribution in [3.63, 3.8) is 0 Å². The highest BCUT2D eigenvalue weighted by Crippen LogP contribution is 2.21. The Bertz CT molecular complexity index is 520. The first kappa shape index (κ1) is 16.3. The zero-order valence-electron chi connectivity index (χ0n) is 14.6. The molecule has 1 aromatic carbocycles. The van der Waals surface area contributed by atoms with Gasteiger partial charge in [-0.25, -0.2) is 0 Å². The van der Waals surface area contributed by atoms with Gasteiger partial charge in [0.25, 0.3) is 5.91 Å². The SMILES string of the molecule is CC[N+]1(CC)CCN(c2ccc(C(=O)N3CCCC3)cc2)CC1. The highest BCUT2D eigenvalue weighted by molar-refractivity contribution is 5.94. The van der Waals surface area contributed by atoms with E-state index in [4.69, 9.17) is 0 Å². The predicted octanol–water partition coefficient (Wildman–Crippen LogP) is 2.60. The first-order valence-electron chi connectivity index (χ1n) is 9.17. The molecule has 0 unspecified atom stereocenters. The summed E-state index contributed by atoms with van der Waals surface area (Å²) in [7, 11) is 0. The molecule has 2 fully saturated rings. The standard InChI is InChI=1S/C19H30N3O/c1-3-22(4-2)15-13-20(14-16-22)18-9-7-17(8-10-18)19(23)21-11-5-6-12-21/h7-10H,3-6,11-16H2,1-2H3/q+1. The first-order chi connectivity index (χ1) is 11.2. The second kappa shape index (κ2) is 6.91. The molecule has 0 bridgehead atoms. The summed E-state index contributed by atoms with van der Waals surface area (Å²) in [5.74, 6) is 0.195. The van der Waals surface area contributed by atoms with Gasteiger partial charge >= 0.3 is 0 Å². The van der Waals surface area contributed by atoms with Gasteiger partial charge in [-0.1, -0.05) is 0 Å². The lowest BCUT2D eigenvalue weighted by Gasteiger charge is -2.44. The maximum absolute atomic E-state index is 12.4. The van der Waals surface area contributed by atoms with Crippen molar-refractivity contribution >= 4 is 11.6 Å². The third-order valence-electron chi connectivity index (χ3n) is 5.90. The number of carbonyl (C=O) groups is 1. The molecule has 0 N–H and O–H groups in total. The summed E-state index contributed by atoms with van der Waals surface area (Å²) in [6.07, 6.45) is 2.29. The Kier molecular flexibility index (Phi) is 4.90. The van der Waals surface area contributed by atoms with Gasteiger partial charge in [-0.05, 0) is 51.0 Å². The molecule has 2 aliphatic heterocycles. The van der Waals surface area contributed by atoms with E-state index in [2.05, 4.69) is 30.9 Å². The van der Waals surface area contributed by atoms with E-state index in [1.165, 1.54) is 36.3 Å². The Balaban J connectivity index is 1.63. The van der Waals surface area contributed by atoms with Gasteiger partial charge < -0.3 is 14.3 Å². The number of hydrogen-bond donors (Lipinski definition) is 0. The molecule has 0 atom stereocenters. The van der Waals surface area contributed by atoms with Crippen LogP contribution < -0.4 is 4.90 Å². The number of rotatable bonds is 4. The zero-order valence-corrected chi connectivity index (χ0v) is 14.6. The van der Waals surface area contributed by atoms with E-state index in [1.54, 1.807) is 0 Å². The molecule has 2 heterocycles. The van der Waals surface area contributed by atoms with Crippen LogP contribution in [0.25, 0.3) is 0 Å². The topological polar surface area (TPSA) is 23.6 Å². The quantitative estimate of drug-likeness (QED) is 0.797. The average Bonchev–Trinajstić information content (AvgIpc) is 3.16. The fraction of sp³-hybridized carbons (Fsp3) is 0.632. The maximum Gasteiger partial charge on any atom is 0.253 e. The summed E-state index contributed by atoms with van der Waals surface area (Å²) in [4.78, 5) is 16.8. The summed E-state index contributed by atoms with van der Waals surface area (Å²) in [6.45, 7) is 13.6. The number of quaternary nitrogens is 1. The number of likely N-dealkylation sites (tertiary alicyclic amines) is 1. The molecule has 4 nitrogen and oxygen atoms in total. The van der Waals surface area contributed by atoms with Gasteiger partial charge in [0.2, 0.25) is 0 Å². The average molecular weight is 316 g/mol. The Morgan fingerprint density at radius 2 is 1.52 bits per heavy atom. The van der Waals surface area contributed by atoms with Crippen molar-refractivity contribution in [3.8, 4) is 0 Å². The minimum absolute atomic E-state index is 0.195. The van der Waals surface area contributed by atoms with Crippen LogP contribution in [-0.4, -0.2) is 67.6 Å². The Labute approximate surface area is 140 Å². The van der Waals surface area contributed by atoms with E-state index < -0.39 is 0 Å². The minimum Gasteiger partial charge on any atom is -0.360 e. The van der Waals surface area contributed by atoms with Gasteiger partial charge in [0, 0.05) is 24.3 Å². The van der Waals surface area contributed by atoms with Crippen molar-refractivity contribution in [2.45, 2.75) is 26.7 Å². The molecule has 1 aromatic rings. The number of hydrogen-bond acceptors (Lipinski definition) is 2. The van der Waals surface area contributed by atoms with E-state index >= 15 is 0 Å². The van der Waals surface area contributed by atoms with Crippen LogP contribution in [0.2, 0.25) is 0 Å². The molecule has 23 heavy (non-hydrogen) atoms. The molecule has 2 aliphatic rings. The summed E-state index contributed by atoms with van der Waals surface area (Å²) in [5, 5.41) is 0. The van der Waals surface area contributed by atoms with Crippen LogP contribution in [0.1, 0.15) is 37.0 Å². The highest BCUT2D eigenvalue weighted by atomic mass is 16.2. The Morgan fingerprint density at radius 3 is 2.04 bits per heavy atom. The second-order valence-electron chi connectivity index (χ2n) is 6.95. The third kappa shape index (κ3) is 3.37. The Morgan fingerprint density at radius 1 is 0.957 bits per heavy atom. The molecule has 4 heteroatoms. The summed E-state index contributed by atoms with van der Waals surface area (Å²) < 4.78 is 1.24. The number of benzene rings is 1.